The maximum Gasteiger partial charge on any atom is 0.0823 e. The zero-order chi connectivity index (χ0) is 13.6. The highest BCUT2D eigenvalue weighted by atomic mass is 32.1. The Morgan fingerprint density at radius 2 is 1.11 bits per heavy atom. The summed E-state index contributed by atoms with van der Waals surface area (Å²) in [6.45, 7) is 9.33. The Hall–Kier alpha value is -0.220. The third-order valence-corrected chi connectivity index (χ3v) is 6.22. The van der Waals surface area contributed by atoms with E-state index in [1.54, 1.807) is 0 Å². The SMILES string of the molecule is CC1(C)[C@H](C(=S)N2CCCC2)[C@H]1C(=S)N1CCCC1. The molecule has 2 saturated heterocycles. The zero-order valence-electron chi connectivity index (χ0n) is 12.0. The molecular formula is C15H24N2S2. The number of thiocarbonyl (C=S) groups is 2. The second-order valence-corrected chi connectivity index (χ2v) is 7.68. The van der Waals surface area contributed by atoms with Crippen molar-refractivity contribution in [2.75, 3.05) is 26.2 Å². The first-order valence-electron chi connectivity index (χ1n) is 7.61. The summed E-state index contributed by atoms with van der Waals surface area (Å²) < 4.78 is 0. The summed E-state index contributed by atoms with van der Waals surface area (Å²) in [5.74, 6) is 1.02. The van der Waals surface area contributed by atoms with Crippen molar-refractivity contribution in [2.24, 2.45) is 17.3 Å². The van der Waals surface area contributed by atoms with E-state index in [4.69, 9.17) is 24.4 Å². The molecule has 19 heavy (non-hydrogen) atoms. The molecule has 0 N–H and O–H groups in total. The van der Waals surface area contributed by atoms with E-state index in [1.807, 2.05) is 0 Å². The van der Waals surface area contributed by atoms with Gasteiger partial charge in [-0.15, -0.1) is 0 Å². The van der Waals surface area contributed by atoms with Gasteiger partial charge in [-0.05, 0) is 31.1 Å². The van der Waals surface area contributed by atoms with Crippen LogP contribution in [-0.2, 0) is 0 Å². The van der Waals surface area contributed by atoms with Crippen LogP contribution < -0.4 is 0 Å². The van der Waals surface area contributed by atoms with Crippen LogP contribution in [-0.4, -0.2) is 46.0 Å². The standard InChI is InChI=1S/C15H24N2S2/c1-15(2)11(13(18)16-7-3-4-8-16)12(15)14(19)17-9-5-6-10-17/h11-12H,3-10H2,1-2H3/t11-,12-/m0/s1. The van der Waals surface area contributed by atoms with Crippen LogP contribution >= 0.6 is 24.4 Å². The molecule has 1 aliphatic carbocycles. The lowest BCUT2D eigenvalue weighted by Gasteiger charge is -2.21. The lowest BCUT2D eigenvalue weighted by Crippen LogP contribution is -2.32. The van der Waals surface area contributed by atoms with Gasteiger partial charge in [-0.2, -0.15) is 0 Å². The molecule has 2 nitrogen and oxygen atoms in total. The average Bonchev–Trinajstić information content (AvgIpc) is 2.91. The number of nitrogens with zero attached hydrogens (tertiary/aromatic N) is 2. The van der Waals surface area contributed by atoms with Crippen LogP contribution in [0, 0.1) is 17.3 Å². The fourth-order valence-electron chi connectivity index (χ4n) is 3.83. The first-order chi connectivity index (χ1) is 9.03. The molecule has 2 atom stereocenters. The van der Waals surface area contributed by atoms with Crippen LogP contribution in [0.3, 0.4) is 0 Å². The van der Waals surface area contributed by atoms with Gasteiger partial charge in [-0.3, -0.25) is 0 Å². The van der Waals surface area contributed by atoms with E-state index >= 15 is 0 Å². The summed E-state index contributed by atoms with van der Waals surface area (Å²) in [4.78, 5) is 7.23. The predicted octanol–water partition coefficient (Wildman–Crippen LogP) is 3.11. The first kappa shape index (κ1) is 13.7. The summed E-state index contributed by atoms with van der Waals surface area (Å²) in [7, 11) is 0. The van der Waals surface area contributed by atoms with Crippen molar-refractivity contribution in [2.45, 2.75) is 39.5 Å². The minimum Gasteiger partial charge on any atom is -0.366 e. The Morgan fingerprint density at radius 1 is 0.789 bits per heavy atom. The molecule has 3 rings (SSSR count). The molecule has 2 aliphatic heterocycles. The molecule has 106 valence electrons. The van der Waals surface area contributed by atoms with Gasteiger partial charge in [0.25, 0.3) is 0 Å². The quantitative estimate of drug-likeness (QED) is 0.722. The van der Waals surface area contributed by atoms with Gasteiger partial charge < -0.3 is 9.80 Å². The maximum atomic E-state index is 5.77. The normalized spacial score (nSPS) is 32.7. The molecule has 0 aromatic rings. The molecule has 3 aliphatic rings. The van der Waals surface area contributed by atoms with Crippen LogP contribution in [0.2, 0.25) is 0 Å². The Morgan fingerprint density at radius 3 is 1.42 bits per heavy atom. The number of rotatable bonds is 2. The van der Waals surface area contributed by atoms with Crippen molar-refractivity contribution in [3.05, 3.63) is 0 Å². The van der Waals surface area contributed by atoms with E-state index in [0.717, 1.165) is 26.2 Å². The van der Waals surface area contributed by atoms with Gasteiger partial charge in [0.15, 0.2) is 0 Å². The van der Waals surface area contributed by atoms with Crippen molar-refractivity contribution < 1.29 is 0 Å². The smallest absolute Gasteiger partial charge is 0.0823 e. The molecule has 0 unspecified atom stereocenters. The van der Waals surface area contributed by atoms with E-state index in [0.29, 0.717) is 11.8 Å². The highest BCUT2D eigenvalue weighted by Gasteiger charge is 2.63. The van der Waals surface area contributed by atoms with Crippen LogP contribution in [0.15, 0.2) is 0 Å². The Labute approximate surface area is 127 Å². The minimum atomic E-state index is 0.277. The zero-order valence-corrected chi connectivity index (χ0v) is 13.7. The van der Waals surface area contributed by atoms with Crippen molar-refractivity contribution in [3.8, 4) is 0 Å². The molecule has 0 bridgehead atoms. The van der Waals surface area contributed by atoms with Gasteiger partial charge in [0.2, 0.25) is 0 Å². The molecule has 3 fully saturated rings. The predicted molar refractivity (Wildman–Crippen MR) is 87.6 cm³/mol. The summed E-state index contributed by atoms with van der Waals surface area (Å²) in [6.07, 6.45) is 5.20. The molecule has 0 aromatic carbocycles. The minimum absolute atomic E-state index is 0.277. The van der Waals surface area contributed by atoms with Gasteiger partial charge >= 0.3 is 0 Å². The molecule has 0 amide bonds. The van der Waals surface area contributed by atoms with Crippen LogP contribution in [0.4, 0.5) is 0 Å². The van der Waals surface area contributed by atoms with E-state index in [2.05, 4.69) is 23.6 Å². The number of hydrogen-bond donors (Lipinski definition) is 0. The highest BCUT2D eigenvalue weighted by molar-refractivity contribution is 7.80. The molecule has 0 spiro atoms. The fraction of sp³-hybridized carbons (Fsp3) is 0.867. The molecule has 4 heteroatoms. The Kier molecular flexibility index (Phi) is 3.59. The van der Waals surface area contributed by atoms with Crippen LogP contribution in [0.5, 0.6) is 0 Å². The Bertz CT molecular complexity index is 357. The summed E-state index contributed by atoms with van der Waals surface area (Å²) in [5, 5.41) is 0. The van der Waals surface area contributed by atoms with Crippen molar-refractivity contribution in [1.29, 1.82) is 0 Å². The highest BCUT2D eigenvalue weighted by Crippen LogP contribution is 2.60. The average molecular weight is 297 g/mol. The largest absolute Gasteiger partial charge is 0.366 e. The van der Waals surface area contributed by atoms with Gasteiger partial charge in [-0.1, -0.05) is 38.3 Å². The lowest BCUT2D eigenvalue weighted by molar-refractivity contribution is 0.494. The second-order valence-electron chi connectivity index (χ2n) is 6.84. The Balaban J connectivity index is 1.69. The van der Waals surface area contributed by atoms with Gasteiger partial charge in [0.05, 0.1) is 9.98 Å². The third kappa shape index (κ3) is 2.31. The fourth-order valence-corrected chi connectivity index (χ4v) is 5.07. The van der Waals surface area contributed by atoms with Crippen molar-refractivity contribution in [1.82, 2.24) is 9.80 Å². The number of likely N-dealkylation sites (tertiary alicyclic amines) is 2. The molecular weight excluding hydrogens is 272 g/mol. The number of hydrogen-bond acceptors (Lipinski definition) is 2. The summed E-state index contributed by atoms with van der Waals surface area (Å²) >= 11 is 11.5. The van der Waals surface area contributed by atoms with Crippen molar-refractivity contribution >= 4 is 34.4 Å². The maximum absolute atomic E-state index is 5.77. The van der Waals surface area contributed by atoms with Gasteiger partial charge in [0, 0.05) is 38.0 Å². The van der Waals surface area contributed by atoms with Crippen LogP contribution in [0.1, 0.15) is 39.5 Å². The first-order valence-corrected chi connectivity index (χ1v) is 8.42. The van der Waals surface area contributed by atoms with Crippen molar-refractivity contribution in [3.63, 3.8) is 0 Å². The lowest BCUT2D eigenvalue weighted by atomic mass is 10.1. The monoisotopic (exact) mass is 296 g/mol. The van der Waals surface area contributed by atoms with E-state index < -0.39 is 0 Å². The van der Waals surface area contributed by atoms with Gasteiger partial charge in [0.1, 0.15) is 0 Å². The van der Waals surface area contributed by atoms with E-state index in [-0.39, 0.29) is 5.41 Å². The summed E-state index contributed by atoms with van der Waals surface area (Å²) in [6, 6.07) is 0. The van der Waals surface area contributed by atoms with Gasteiger partial charge in [-0.25, -0.2) is 0 Å². The third-order valence-electron chi connectivity index (χ3n) is 5.19. The molecule has 1 saturated carbocycles. The van der Waals surface area contributed by atoms with Crippen LogP contribution in [0.25, 0.3) is 0 Å². The molecule has 0 aromatic heterocycles. The van der Waals surface area contributed by atoms with E-state index in [9.17, 15) is 0 Å². The topological polar surface area (TPSA) is 6.48 Å². The summed E-state index contributed by atoms with van der Waals surface area (Å²) in [5.41, 5.74) is 0.277. The molecule has 2 heterocycles. The molecule has 0 radical (unpaired) electrons. The van der Waals surface area contributed by atoms with E-state index in [1.165, 1.54) is 35.7 Å². The second kappa shape index (κ2) is 4.96.